The normalized spacial score (nSPS) is 23.3. The van der Waals surface area contributed by atoms with Gasteiger partial charge in [-0.3, -0.25) is 0 Å². The molecule has 6 heteroatoms. The van der Waals surface area contributed by atoms with Crippen molar-refractivity contribution in [3.63, 3.8) is 0 Å². The standard InChI is InChI=1S/C14H29N3O2S/c1-2-10-17(13-14-6-8-15-9-7-14)20(18,19)16-11-4-3-5-12-16/h14-15H,2-13H2,1H3. The van der Waals surface area contributed by atoms with Crippen molar-refractivity contribution in [1.29, 1.82) is 0 Å². The zero-order valence-electron chi connectivity index (χ0n) is 12.7. The zero-order valence-corrected chi connectivity index (χ0v) is 13.5. The zero-order chi connectivity index (χ0) is 14.4. The molecule has 0 bridgehead atoms. The van der Waals surface area contributed by atoms with Crippen LogP contribution in [0.3, 0.4) is 0 Å². The van der Waals surface area contributed by atoms with Gasteiger partial charge in [0.2, 0.25) is 0 Å². The van der Waals surface area contributed by atoms with Crippen molar-refractivity contribution < 1.29 is 8.42 Å². The molecule has 5 nitrogen and oxygen atoms in total. The Morgan fingerprint density at radius 1 is 1.15 bits per heavy atom. The topological polar surface area (TPSA) is 52.7 Å². The predicted molar refractivity (Wildman–Crippen MR) is 81.8 cm³/mol. The van der Waals surface area contributed by atoms with Crippen molar-refractivity contribution in [3.8, 4) is 0 Å². The molecule has 2 aliphatic rings. The molecule has 0 amide bonds. The second-order valence-electron chi connectivity index (χ2n) is 6.02. The van der Waals surface area contributed by atoms with Crippen molar-refractivity contribution in [3.05, 3.63) is 0 Å². The van der Waals surface area contributed by atoms with E-state index in [9.17, 15) is 8.42 Å². The van der Waals surface area contributed by atoms with E-state index in [1.165, 1.54) is 0 Å². The lowest BCUT2D eigenvalue weighted by Gasteiger charge is -2.34. The summed E-state index contributed by atoms with van der Waals surface area (Å²) in [5, 5.41) is 3.34. The first kappa shape index (κ1) is 16.2. The Kier molecular flexibility index (Phi) is 6.26. The van der Waals surface area contributed by atoms with E-state index < -0.39 is 10.2 Å². The van der Waals surface area contributed by atoms with Crippen molar-refractivity contribution in [2.24, 2.45) is 5.92 Å². The highest BCUT2D eigenvalue weighted by Crippen LogP contribution is 2.20. The molecule has 0 aromatic carbocycles. The van der Waals surface area contributed by atoms with Crippen LogP contribution in [-0.2, 0) is 10.2 Å². The van der Waals surface area contributed by atoms with Gasteiger partial charge in [0, 0.05) is 26.2 Å². The molecule has 0 aromatic rings. The average molecular weight is 303 g/mol. The first-order valence-corrected chi connectivity index (χ1v) is 9.50. The number of hydrogen-bond acceptors (Lipinski definition) is 3. The summed E-state index contributed by atoms with van der Waals surface area (Å²) < 4.78 is 29.0. The fourth-order valence-corrected chi connectivity index (χ4v) is 5.02. The van der Waals surface area contributed by atoms with Crippen molar-refractivity contribution in [2.45, 2.75) is 45.4 Å². The minimum absolute atomic E-state index is 0.516. The molecule has 2 saturated heterocycles. The predicted octanol–water partition coefficient (Wildman–Crippen LogP) is 1.43. The van der Waals surface area contributed by atoms with Crippen LogP contribution in [0.1, 0.15) is 45.4 Å². The molecule has 2 aliphatic heterocycles. The molecule has 2 fully saturated rings. The Morgan fingerprint density at radius 3 is 2.40 bits per heavy atom. The smallest absolute Gasteiger partial charge is 0.281 e. The number of hydrogen-bond donors (Lipinski definition) is 1. The lowest BCUT2D eigenvalue weighted by Crippen LogP contribution is -2.48. The molecular formula is C14H29N3O2S. The molecular weight excluding hydrogens is 274 g/mol. The Labute approximate surface area is 123 Å². The van der Waals surface area contributed by atoms with Gasteiger partial charge in [-0.25, -0.2) is 0 Å². The maximum Gasteiger partial charge on any atom is 0.281 e. The van der Waals surface area contributed by atoms with Gasteiger partial charge >= 0.3 is 0 Å². The molecule has 0 saturated carbocycles. The summed E-state index contributed by atoms with van der Waals surface area (Å²) in [7, 11) is -3.24. The van der Waals surface area contributed by atoms with Gasteiger partial charge in [0.15, 0.2) is 0 Å². The number of rotatable bonds is 6. The maximum absolute atomic E-state index is 12.8. The Balaban J connectivity index is 2.01. The number of nitrogens with zero attached hydrogens (tertiary/aromatic N) is 2. The van der Waals surface area contributed by atoms with E-state index in [4.69, 9.17) is 0 Å². The highest BCUT2D eigenvalue weighted by atomic mass is 32.2. The molecule has 2 heterocycles. The third kappa shape index (κ3) is 4.16. The summed E-state index contributed by atoms with van der Waals surface area (Å²) in [5.41, 5.74) is 0. The molecule has 0 spiro atoms. The average Bonchev–Trinajstić information content (AvgIpc) is 2.49. The van der Waals surface area contributed by atoms with Crippen molar-refractivity contribution >= 4 is 10.2 Å². The van der Waals surface area contributed by atoms with E-state index >= 15 is 0 Å². The van der Waals surface area contributed by atoms with Crippen LogP contribution in [0.4, 0.5) is 0 Å². The minimum Gasteiger partial charge on any atom is -0.317 e. The molecule has 118 valence electrons. The third-order valence-electron chi connectivity index (χ3n) is 4.36. The second-order valence-corrected chi connectivity index (χ2v) is 7.95. The summed E-state index contributed by atoms with van der Waals surface area (Å²) in [4.78, 5) is 0. The Bertz CT molecular complexity index is 374. The van der Waals surface area contributed by atoms with Gasteiger partial charge < -0.3 is 5.32 Å². The first-order chi connectivity index (χ1) is 9.64. The van der Waals surface area contributed by atoms with Gasteiger partial charge in [-0.2, -0.15) is 17.0 Å². The fraction of sp³-hybridized carbons (Fsp3) is 1.00. The number of nitrogens with one attached hydrogen (secondary N) is 1. The molecule has 1 N–H and O–H groups in total. The molecule has 0 atom stereocenters. The molecule has 0 unspecified atom stereocenters. The van der Waals surface area contributed by atoms with Crippen molar-refractivity contribution in [2.75, 3.05) is 39.3 Å². The summed E-state index contributed by atoms with van der Waals surface area (Å²) >= 11 is 0. The lowest BCUT2D eigenvalue weighted by molar-refractivity contribution is 0.258. The third-order valence-corrected chi connectivity index (χ3v) is 6.36. The molecule has 20 heavy (non-hydrogen) atoms. The summed E-state index contributed by atoms with van der Waals surface area (Å²) in [6.07, 6.45) is 6.25. The molecule has 0 radical (unpaired) electrons. The van der Waals surface area contributed by atoms with Crippen LogP contribution in [0.25, 0.3) is 0 Å². The van der Waals surface area contributed by atoms with Gasteiger partial charge in [0.1, 0.15) is 0 Å². The Hall–Kier alpha value is -0.170. The van der Waals surface area contributed by atoms with Gasteiger partial charge in [-0.15, -0.1) is 0 Å². The van der Waals surface area contributed by atoms with E-state index in [0.717, 1.165) is 51.6 Å². The quantitative estimate of drug-likeness (QED) is 0.807. The number of piperidine rings is 2. The monoisotopic (exact) mass is 303 g/mol. The fourth-order valence-electron chi connectivity index (χ4n) is 3.16. The molecule has 2 rings (SSSR count). The summed E-state index contributed by atoms with van der Waals surface area (Å²) in [5.74, 6) is 0.516. The van der Waals surface area contributed by atoms with Gasteiger partial charge in [0.05, 0.1) is 0 Å². The summed E-state index contributed by atoms with van der Waals surface area (Å²) in [6.45, 7) is 6.87. The largest absolute Gasteiger partial charge is 0.317 e. The van der Waals surface area contributed by atoms with Crippen LogP contribution >= 0.6 is 0 Å². The van der Waals surface area contributed by atoms with E-state index in [2.05, 4.69) is 12.2 Å². The van der Waals surface area contributed by atoms with Crippen LogP contribution < -0.4 is 5.32 Å². The van der Waals surface area contributed by atoms with Crippen LogP contribution in [0.15, 0.2) is 0 Å². The van der Waals surface area contributed by atoms with Gasteiger partial charge in [-0.1, -0.05) is 13.3 Å². The molecule has 0 aromatic heterocycles. The van der Waals surface area contributed by atoms with Gasteiger partial charge in [0.25, 0.3) is 10.2 Å². The Morgan fingerprint density at radius 2 is 1.80 bits per heavy atom. The van der Waals surface area contributed by atoms with E-state index in [0.29, 0.717) is 32.1 Å². The van der Waals surface area contributed by atoms with E-state index in [1.54, 1.807) is 8.61 Å². The lowest BCUT2D eigenvalue weighted by atomic mass is 9.98. The highest BCUT2D eigenvalue weighted by molar-refractivity contribution is 7.86. The van der Waals surface area contributed by atoms with Crippen LogP contribution in [0.5, 0.6) is 0 Å². The van der Waals surface area contributed by atoms with Crippen LogP contribution in [0, 0.1) is 5.92 Å². The minimum atomic E-state index is -3.24. The first-order valence-electron chi connectivity index (χ1n) is 8.10. The van der Waals surface area contributed by atoms with E-state index in [1.807, 2.05) is 0 Å². The SMILES string of the molecule is CCCN(CC1CCNCC1)S(=O)(=O)N1CCCCC1. The summed E-state index contributed by atoms with van der Waals surface area (Å²) in [6, 6.07) is 0. The second kappa shape index (κ2) is 7.73. The van der Waals surface area contributed by atoms with Gasteiger partial charge in [-0.05, 0) is 51.1 Å². The van der Waals surface area contributed by atoms with Crippen molar-refractivity contribution in [1.82, 2.24) is 13.9 Å². The highest BCUT2D eigenvalue weighted by Gasteiger charge is 2.31. The maximum atomic E-state index is 12.8. The van der Waals surface area contributed by atoms with E-state index in [-0.39, 0.29) is 0 Å². The van der Waals surface area contributed by atoms with Crippen LogP contribution in [0.2, 0.25) is 0 Å². The van der Waals surface area contributed by atoms with Crippen LogP contribution in [-0.4, -0.2) is 56.3 Å². The molecule has 0 aliphatic carbocycles.